The van der Waals surface area contributed by atoms with Crippen LogP contribution in [-0.4, -0.2) is 36.9 Å². The molecule has 24 heavy (non-hydrogen) atoms. The van der Waals surface area contributed by atoms with Gasteiger partial charge in [-0.25, -0.2) is 0 Å². The fourth-order valence-corrected chi connectivity index (χ4v) is 1.71. The van der Waals surface area contributed by atoms with Gasteiger partial charge in [-0.3, -0.25) is 9.59 Å². The SMILES string of the molecule is CO.O=C1C=CC=CC1=CNCCNC=C1C=CC=CC1=O.[O]=[Mo]. The fourth-order valence-electron chi connectivity index (χ4n) is 1.71. The van der Waals surface area contributed by atoms with E-state index in [1.165, 1.54) is 12.2 Å². The van der Waals surface area contributed by atoms with Crippen LogP contribution >= 0.6 is 0 Å². The van der Waals surface area contributed by atoms with Crippen LogP contribution < -0.4 is 10.6 Å². The van der Waals surface area contributed by atoms with Crippen molar-refractivity contribution in [2.45, 2.75) is 0 Å². The molecule has 0 unspecified atom stereocenters. The Morgan fingerprint density at radius 1 is 0.792 bits per heavy atom. The van der Waals surface area contributed by atoms with Crippen LogP contribution in [0.5, 0.6) is 0 Å². The summed E-state index contributed by atoms with van der Waals surface area (Å²) in [4.78, 5) is 22.9. The van der Waals surface area contributed by atoms with Crippen LogP contribution in [0.15, 0.2) is 72.2 Å². The number of carbonyl (C=O) groups excluding carboxylic acids is 2. The Labute approximate surface area is 152 Å². The van der Waals surface area contributed by atoms with Gasteiger partial charge in [-0.15, -0.1) is 0 Å². The Balaban J connectivity index is 0.00000123. The molecule has 3 N–H and O–H groups in total. The summed E-state index contributed by atoms with van der Waals surface area (Å²) >= 11 is 0.700. The van der Waals surface area contributed by atoms with E-state index in [1.807, 2.05) is 12.2 Å². The number of aliphatic hydroxyl groups is 1. The van der Waals surface area contributed by atoms with Crippen molar-refractivity contribution >= 4 is 11.6 Å². The molecule has 0 amide bonds. The van der Waals surface area contributed by atoms with Crippen molar-refractivity contribution in [1.29, 1.82) is 0 Å². The first-order valence-electron chi connectivity index (χ1n) is 7.04. The maximum atomic E-state index is 11.4. The topological polar surface area (TPSA) is 95.5 Å². The summed E-state index contributed by atoms with van der Waals surface area (Å²) < 4.78 is 8.26. The molecule has 0 bridgehead atoms. The van der Waals surface area contributed by atoms with Gasteiger partial charge in [0.1, 0.15) is 0 Å². The minimum absolute atomic E-state index is 0.000182. The third-order valence-corrected chi connectivity index (χ3v) is 2.77. The van der Waals surface area contributed by atoms with Crippen molar-refractivity contribution in [3.05, 3.63) is 72.2 Å². The molecular weight excluding hydrogens is 392 g/mol. The number of hydrogen-bond acceptors (Lipinski definition) is 6. The van der Waals surface area contributed by atoms with Gasteiger partial charge in [0.25, 0.3) is 0 Å². The molecule has 0 aromatic rings. The Kier molecular flexibility index (Phi) is 13.1. The van der Waals surface area contributed by atoms with Crippen LogP contribution in [-0.2, 0) is 32.8 Å². The zero-order valence-electron chi connectivity index (χ0n) is 13.3. The summed E-state index contributed by atoms with van der Waals surface area (Å²) in [6, 6.07) is 0. The molecular formula is C17H20MoN2O4. The van der Waals surface area contributed by atoms with E-state index in [-0.39, 0.29) is 11.6 Å². The number of nitrogens with one attached hydrogen (secondary N) is 2. The van der Waals surface area contributed by atoms with Crippen LogP contribution in [0.25, 0.3) is 0 Å². The van der Waals surface area contributed by atoms with Crippen molar-refractivity contribution < 1.29 is 37.9 Å². The monoisotopic (exact) mass is 414 g/mol. The molecule has 0 radical (unpaired) electrons. The summed E-state index contributed by atoms with van der Waals surface area (Å²) in [7, 11) is 1.00. The molecule has 7 heteroatoms. The van der Waals surface area contributed by atoms with Gasteiger partial charge < -0.3 is 15.7 Å². The minimum atomic E-state index is -0.000182. The van der Waals surface area contributed by atoms with Crippen molar-refractivity contribution in [1.82, 2.24) is 10.6 Å². The number of carbonyl (C=O) groups is 2. The number of allylic oxidation sites excluding steroid dienone is 10. The summed E-state index contributed by atoms with van der Waals surface area (Å²) in [5.74, 6) is -0.000363. The second-order valence-electron chi connectivity index (χ2n) is 4.27. The van der Waals surface area contributed by atoms with Crippen molar-refractivity contribution in [2.24, 2.45) is 0 Å². The molecule has 0 spiro atoms. The molecule has 0 heterocycles. The van der Waals surface area contributed by atoms with Gasteiger partial charge in [0.2, 0.25) is 0 Å². The van der Waals surface area contributed by atoms with Crippen LogP contribution in [0.4, 0.5) is 0 Å². The van der Waals surface area contributed by atoms with E-state index in [4.69, 9.17) is 8.50 Å². The molecule has 0 aliphatic heterocycles. The molecule has 0 aromatic heterocycles. The first kappa shape index (κ1) is 21.8. The van der Waals surface area contributed by atoms with E-state index in [1.54, 1.807) is 36.7 Å². The Morgan fingerprint density at radius 2 is 1.12 bits per heavy atom. The molecule has 0 aromatic carbocycles. The normalized spacial score (nSPS) is 17.9. The first-order valence-corrected chi connectivity index (χ1v) is 7.86. The molecule has 0 saturated carbocycles. The average molecular weight is 412 g/mol. The third-order valence-electron chi connectivity index (χ3n) is 2.77. The van der Waals surface area contributed by atoms with Crippen LogP contribution in [0.3, 0.4) is 0 Å². The summed E-state index contributed by atoms with van der Waals surface area (Å²) in [5.41, 5.74) is 1.28. The number of rotatable bonds is 5. The van der Waals surface area contributed by atoms with Crippen molar-refractivity contribution in [3.63, 3.8) is 0 Å². The predicted octanol–water partition coefficient (Wildman–Crippen LogP) is 0.811. The van der Waals surface area contributed by atoms with Gasteiger partial charge in [0.15, 0.2) is 11.6 Å². The maximum absolute atomic E-state index is 11.4. The van der Waals surface area contributed by atoms with Crippen LogP contribution in [0.1, 0.15) is 0 Å². The van der Waals surface area contributed by atoms with Crippen LogP contribution in [0.2, 0.25) is 0 Å². The molecule has 6 nitrogen and oxygen atoms in total. The van der Waals surface area contributed by atoms with E-state index < -0.39 is 0 Å². The van der Waals surface area contributed by atoms with Gasteiger partial charge in [0, 0.05) is 43.7 Å². The number of ketones is 2. The van der Waals surface area contributed by atoms with Gasteiger partial charge in [-0.2, -0.15) is 0 Å². The molecule has 0 atom stereocenters. The molecule has 2 aliphatic rings. The average Bonchev–Trinajstić information content (AvgIpc) is 2.64. The zero-order chi connectivity index (χ0) is 18.2. The molecule has 128 valence electrons. The quantitative estimate of drug-likeness (QED) is 0.352. The van der Waals surface area contributed by atoms with E-state index in [0.717, 1.165) is 7.11 Å². The zero-order valence-corrected chi connectivity index (χ0v) is 15.3. The molecule has 0 fully saturated rings. The Bertz CT molecular complexity index is 550. The second kappa shape index (κ2) is 14.4. The predicted molar refractivity (Wildman–Crippen MR) is 87.6 cm³/mol. The van der Waals surface area contributed by atoms with E-state index in [2.05, 4.69) is 10.6 Å². The van der Waals surface area contributed by atoms with Gasteiger partial charge in [-0.05, 0) is 24.3 Å². The van der Waals surface area contributed by atoms with Gasteiger partial charge in [-0.1, -0.05) is 24.3 Å². The summed E-state index contributed by atoms with van der Waals surface area (Å²) in [6.45, 7) is 1.32. The van der Waals surface area contributed by atoms with E-state index in [9.17, 15) is 9.59 Å². The first-order chi connectivity index (χ1) is 11.8. The molecule has 2 rings (SSSR count). The standard InChI is InChI=1S/C16H16N2O2.CH4O.Mo.O/c19-15-7-3-1-5-13(15)11-17-9-10-18-12-14-6-2-4-8-16(14)20;1-2;;/h1-8,11-12,17-18H,9-10H2;2H,1H3;;. The Hall–Kier alpha value is -2.17. The van der Waals surface area contributed by atoms with Crippen LogP contribution in [0, 0.1) is 0 Å². The van der Waals surface area contributed by atoms with E-state index >= 15 is 0 Å². The van der Waals surface area contributed by atoms with Gasteiger partial charge in [0.05, 0.1) is 0 Å². The third kappa shape index (κ3) is 8.46. The summed E-state index contributed by atoms with van der Waals surface area (Å²) in [6.07, 6.45) is 17.1. The molecule has 0 saturated heterocycles. The van der Waals surface area contributed by atoms with Crippen molar-refractivity contribution in [3.8, 4) is 0 Å². The number of hydrogen-bond donors (Lipinski definition) is 3. The Morgan fingerprint density at radius 3 is 1.46 bits per heavy atom. The number of aliphatic hydroxyl groups excluding tert-OH is 1. The molecule has 2 aliphatic carbocycles. The van der Waals surface area contributed by atoms with Crippen molar-refractivity contribution in [2.75, 3.05) is 20.2 Å². The second-order valence-corrected chi connectivity index (χ2v) is 4.27. The van der Waals surface area contributed by atoms with E-state index in [0.29, 0.717) is 44.0 Å². The van der Waals surface area contributed by atoms with Gasteiger partial charge >= 0.3 is 23.2 Å². The summed E-state index contributed by atoms with van der Waals surface area (Å²) in [5, 5.41) is 13.1. The fraction of sp³-hybridized carbons (Fsp3) is 0.176.